The zero-order valence-corrected chi connectivity index (χ0v) is 16.5. The van der Waals surface area contributed by atoms with Crippen molar-refractivity contribution < 1.29 is 14.0 Å². The number of urea groups is 1. The molecular weight excluding hydrogens is 389 g/mol. The molecule has 156 valence electrons. The molecule has 0 fully saturated rings. The molecule has 10 heteroatoms. The van der Waals surface area contributed by atoms with E-state index in [-0.39, 0.29) is 17.8 Å². The highest BCUT2D eigenvalue weighted by molar-refractivity contribution is 5.87. The Morgan fingerprint density at radius 2 is 1.80 bits per heavy atom. The summed E-state index contributed by atoms with van der Waals surface area (Å²) in [5.74, 6) is -0.130. The molecule has 0 aliphatic heterocycles. The molecule has 0 spiro atoms. The standard InChI is InChI=1S/C20H22FN7O2/c1-12(15-5-9-17(10-6-15)24-20(22)30)23-19(29)18(28-13(2)25-26-27-28)11-14-3-7-16(21)8-4-14/h3-10,12,18H,11H2,1-2H3,(H,23,29)(H3,22,24,30). The summed E-state index contributed by atoms with van der Waals surface area (Å²) in [7, 11) is 0. The van der Waals surface area contributed by atoms with E-state index in [9.17, 15) is 14.0 Å². The zero-order valence-electron chi connectivity index (χ0n) is 16.5. The molecule has 3 amide bonds. The normalized spacial score (nSPS) is 12.8. The highest BCUT2D eigenvalue weighted by Crippen LogP contribution is 2.20. The number of primary amides is 1. The number of nitrogens with two attached hydrogens (primary N) is 1. The zero-order chi connectivity index (χ0) is 21.7. The lowest BCUT2D eigenvalue weighted by atomic mass is 10.0. The first-order valence-electron chi connectivity index (χ1n) is 9.29. The van der Waals surface area contributed by atoms with Crippen molar-refractivity contribution in [2.75, 3.05) is 5.32 Å². The Bertz CT molecular complexity index is 1020. The number of halogens is 1. The fourth-order valence-electron chi connectivity index (χ4n) is 3.05. The van der Waals surface area contributed by atoms with Gasteiger partial charge < -0.3 is 16.4 Å². The Morgan fingerprint density at radius 1 is 1.13 bits per heavy atom. The van der Waals surface area contributed by atoms with Gasteiger partial charge in [0.05, 0.1) is 6.04 Å². The van der Waals surface area contributed by atoms with Crippen molar-refractivity contribution in [1.82, 2.24) is 25.5 Å². The van der Waals surface area contributed by atoms with E-state index in [1.807, 2.05) is 6.92 Å². The molecule has 0 aliphatic carbocycles. The number of carbonyl (C=O) groups excluding carboxylic acids is 2. The molecule has 2 unspecified atom stereocenters. The van der Waals surface area contributed by atoms with Crippen molar-refractivity contribution in [3.8, 4) is 0 Å². The van der Waals surface area contributed by atoms with Crippen LogP contribution in [-0.4, -0.2) is 32.1 Å². The predicted molar refractivity (Wildman–Crippen MR) is 108 cm³/mol. The fourth-order valence-corrected chi connectivity index (χ4v) is 3.05. The number of aryl methyl sites for hydroxylation is 1. The number of tetrazole rings is 1. The topological polar surface area (TPSA) is 128 Å². The summed E-state index contributed by atoms with van der Waals surface area (Å²) < 4.78 is 14.7. The van der Waals surface area contributed by atoms with Gasteiger partial charge in [-0.1, -0.05) is 24.3 Å². The summed E-state index contributed by atoms with van der Waals surface area (Å²) in [6.45, 7) is 3.55. The van der Waals surface area contributed by atoms with Crippen LogP contribution in [0, 0.1) is 12.7 Å². The molecule has 30 heavy (non-hydrogen) atoms. The molecule has 2 atom stereocenters. The Morgan fingerprint density at radius 3 is 2.37 bits per heavy atom. The minimum absolute atomic E-state index is 0.276. The third-order valence-corrected chi connectivity index (χ3v) is 4.63. The van der Waals surface area contributed by atoms with Gasteiger partial charge in [-0.2, -0.15) is 0 Å². The van der Waals surface area contributed by atoms with Gasteiger partial charge in [0.15, 0.2) is 0 Å². The van der Waals surface area contributed by atoms with Crippen LogP contribution < -0.4 is 16.4 Å². The van der Waals surface area contributed by atoms with Gasteiger partial charge in [0.2, 0.25) is 5.91 Å². The average Bonchev–Trinajstić information content (AvgIpc) is 3.13. The van der Waals surface area contributed by atoms with E-state index in [4.69, 9.17) is 5.73 Å². The number of carbonyl (C=O) groups is 2. The van der Waals surface area contributed by atoms with Gasteiger partial charge in [-0.15, -0.1) is 5.10 Å². The molecule has 1 heterocycles. The van der Waals surface area contributed by atoms with Gasteiger partial charge in [-0.25, -0.2) is 13.9 Å². The van der Waals surface area contributed by atoms with Gasteiger partial charge in [-0.3, -0.25) is 4.79 Å². The number of hydrogen-bond acceptors (Lipinski definition) is 5. The third-order valence-electron chi connectivity index (χ3n) is 4.63. The van der Waals surface area contributed by atoms with Crippen LogP contribution in [0.5, 0.6) is 0 Å². The first kappa shape index (κ1) is 20.9. The first-order chi connectivity index (χ1) is 14.3. The van der Waals surface area contributed by atoms with E-state index in [0.29, 0.717) is 17.9 Å². The number of benzene rings is 2. The number of aromatic nitrogens is 4. The van der Waals surface area contributed by atoms with Gasteiger partial charge in [0, 0.05) is 12.1 Å². The largest absolute Gasteiger partial charge is 0.351 e. The quantitative estimate of drug-likeness (QED) is 0.549. The third kappa shape index (κ3) is 5.16. The molecule has 0 aliphatic rings. The van der Waals surface area contributed by atoms with Crippen LogP contribution in [0.4, 0.5) is 14.9 Å². The van der Waals surface area contributed by atoms with Crippen molar-refractivity contribution in [2.24, 2.45) is 5.73 Å². The number of anilines is 1. The van der Waals surface area contributed by atoms with E-state index < -0.39 is 12.1 Å². The molecule has 9 nitrogen and oxygen atoms in total. The lowest BCUT2D eigenvalue weighted by molar-refractivity contribution is -0.125. The van der Waals surface area contributed by atoms with E-state index >= 15 is 0 Å². The molecular formula is C20H22FN7O2. The van der Waals surface area contributed by atoms with Gasteiger partial charge in [0.1, 0.15) is 17.7 Å². The Kier molecular flexibility index (Phi) is 6.35. The van der Waals surface area contributed by atoms with Crippen LogP contribution in [0.25, 0.3) is 0 Å². The van der Waals surface area contributed by atoms with Crippen LogP contribution in [0.1, 0.15) is 36.0 Å². The summed E-state index contributed by atoms with van der Waals surface area (Å²) >= 11 is 0. The first-order valence-corrected chi connectivity index (χ1v) is 9.29. The maximum absolute atomic E-state index is 13.2. The van der Waals surface area contributed by atoms with Crippen molar-refractivity contribution in [1.29, 1.82) is 0 Å². The minimum atomic E-state index is -0.705. The van der Waals surface area contributed by atoms with Crippen LogP contribution >= 0.6 is 0 Å². The van der Waals surface area contributed by atoms with Gasteiger partial charge >= 0.3 is 6.03 Å². The molecule has 2 aromatic carbocycles. The smallest absolute Gasteiger partial charge is 0.316 e. The van der Waals surface area contributed by atoms with Crippen LogP contribution in [0.15, 0.2) is 48.5 Å². The fraction of sp³-hybridized carbons (Fsp3) is 0.250. The van der Waals surface area contributed by atoms with E-state index in [0.717, 1.165) is 11.1 Å². The second kappa shape index (κ2) is 9.12. The maximum Gasteiger partial charge on any atom is 0.316 e. The second-order valence-electron chi connectivity index (χ2n) is 6.86. The molecule has 1 aromatic heterocycles. The second-order valence-corrected chi connectivity index (χ2v) is 6.86. The number of nitrogens with zero attached hydrogens (tertiary/aromatic N) is 4. The Hall–Kier alpha value is -3.82. The van der Waals surface area contributed by atoms with Crippen LogP contribution in [0.2, 0.25) is 0 Å². The van der Waals surface area contributed by atoms with Crippen molar-refractivity contribution in [2.45, 2.75) is 32.4 Å². The van der Waals surface area contributed by atoms with Gasteiger partial charge in [0.25, 0.3) is 0 Å². The molecule has 3 aromatic rings. The SMILES string of the molecule is Cc1nnnn1C(Cc1ccc(F)cc1)C(=O)NC(C)c1ccc(NC(N)=O)cc1. The molecule has 0 saturated carbocycles. The summed E-state index contributed by atoms with van der Waals surface area (Å²) in [6.07, 6.45) is 0.298. The number of hydrogen-bond donors (Lipinski definition) is 3. The highest BCUT2D eigenvalue weighted by Gasteiger charge is 2.25. The van der Waals surface area contributed by atoms with Crippen LogP contribution in [-0.2, 0) is 11.2 Å². The molecule has 0 radical (unpaired) electrons. The molecule has 0 bridgehead atoms. The minimum Gasteiger partial charge on any atom is -0.351 e. The van der Waals surface area contributed by atoms with E-state index in [2.05, 4.69) is 26.2 Å². The predicted octanol–water partition coefficient (Wildman–Crippen LogP) is 2.27. The molecule has 4 N–H and O–H groups in total. The summed E-state index contributed by atoms with van der Waals surface area (Å²) in [5.41, 5.74) is 7.28. The lowest BCUT2D eigenvalue weighted by Gasteiger charge is -2.21. The molecule has 0 saturated heterocycles. The number of nitrogens with one attached hydrogen (secondary N) is 2. The van der Waals surface area contributed by atoms with Crippen LogP contribution in [0.3, 0.4) is 0 Å². The van der Waals surface area contributed by atoms with E-state index in [1.165, 1.54) is 16.8 Å². The Balaban J connectivity index is 1.76. The monoisotopic (exact) mass is 411 g/mol. The number of amides is 3. The van der Waals surface area contributed by atoms with E-state index in [1.54, 1.807) is 43.3 Å². The van der Waals surface area contributed by atoms with Crippen molar-refractivity contribution >= 4 is 17.6 Å². The lowest BCUT2D eigenvalue weighted by Crippen LogP contribution is -2.36. The number of rotatable bonds is 7. The summed E-state index contributed by atoms with van der Waals surface area (Å²) in [4.78, 5) is 24.0. The van der Waals surface area contributed by atoms with Crippen molar-refractivity contribution in [3.05, 3.63) is 71.3 Å². The molecule has 3 rings (SSSR count). The van der Waals surface area contributed by atoms with Gasteiger partial charge in [-0.05, 0) is 59.7 Å². The summed E-state index contributed by atoms with van der Waals surface area (Å²) in [5, 5.41) is 16.9. The average molecular weight is 411 g/mol. The maximum atomic E-state index is 13.2. The highest BCUT2D eigenvalue weighted by atomic mass is 19.1. The van der Waals surface area contributed by atoms with Crippen molar-refractivity contribution in [3.63, 3.8) is 0 Å². The summed E-state index contributed by atoms with van der Waals surface area (Å²) in [6, 6.07) is 11.3. The Labute approximate surface area is 172 Å².